The summed E-state index contributed by atoms with van der Waals surface area (Å²) in [5.74, 6) is 0.0440. The Morgan fingerprint density at radius 1 is 1.05 bits per heavy atom. The number of phenolic OH excluding ortho intramolecular Hbond substituents is 1. The van der Waals surface area contributed by atoms with Gasteiger partial charge in [-0.15, -0.1) is 0 Å². The zero-order chi connectivity index (χ0) is 14.6. The van der Waals surface area contributed by atoms with Gasteiger partial charge >= 0.3 is 5.97 Å². The first kappa shape index (κ1) is 11.8. The molecule has 0 unspecified atom stereocenters. The maximum absolute atomic E-state index is 11.5. The second kappa shape index (κ2) is 4.02. The molecule has 0 bridgehead atoms. The molecule has 1 aliphatic rings. The summed E-state index contributed by atoms with van der Waals surface area (Å²) in [6, 6.07) is 10.00. The molecule has 0 saturated carbocycles. The Morgan fingerprint density at radius 2 is 1.86 bits per heavy atom. The molecule has 0 fully saturated rings. The van der Waals surface area contributed by atoms with Gasteiger partial charge in [0.05, 0.1) is 5.56 Å². The Hall–Kier alpha value is -2.95. The second-order valence-electron chi connectivity index (χ2n) is 4.82. The first-order valence-corrected chi connectivity index (χ1v) is 6.37. The Kier molecular flexibility index (Phi) is 2.27. The van der Waals surface area contributed by atoms with Gasteiger partial charge in [0.2, 0.25) is 6.79 Å². The number of fused-ring (bicyclic) bond motifs is 5. The molecule has 1 heterocycles. The van der Waals surface area contributed by atoms with Gasteiger partial charge in [0, 0.05) is 16.2 Å². The SMILES string of the molecule is O=C(O)c1cc2c(c3c1ccc1c(O)cccc13)OCO2. The van der Waals surface area contributed by atoms with E-state index in [4.69, 9.17) is 9.47 Å². The summed E-state index contributed by atoms with van der Waals surface area (Å²) in [7, 11) is 0. The van der Waals surface area contributed by atoms with Crippen LogP contribution in [0.25, 0.3) is 21.5 Å². The third kappa shape index (κ3) is 1.54. The van der Waals surface area contributed by atoms with Crippen LogP contribution in [-0.2, 0) is 0 Å². The Morgan fingerprint density at radius 3 is 2.67 bits per heavy atom. The minimum absolute atomic E-state index is 0.0582. The van der Waals surface area contributed by atoms with Crippen molar-refractivity contribution < 1.29 is 24.5 Å². The Labute approximate surface area is 118 Å². The largest absolute Gasteiger partial charge is 0.507 e. The second-order valence-corrected chi connectivity index (χ2v) is 4.82. The van der Waals surface area contributed by atoms with E-state index in [1.54, 1.807) is 24.3 Å². The minimum Gasteiger partial charge on any atom is -0.507 e. The lowest BCUT2D eigenvalue weighted by Crippen LogP contribution is -1.98. The molecule has 0 atom stereocenters. The summed E-state index contributed by atoms with van der Waals surface area (Å²) in [5, 5.41) is 22.0. The molecule has 0 spiro atoms. The predicted octanol–water partition coefficient (Wildman–Crippen LogP) is 3.13. The number of phenols is 1. The molecule has 0 radical (unpaired) electrons. The third-order valence-corrected chi connectivity index (χ3v) is 3.70. The number of carboxylic acid groups (broad SMARTS) is 1. The van der Waals surface area contributed by atoms with Gasteiger partial charge in [-0.1, -0.05) is 18.2 Å². The zero-order valence-electron chi connectivity index (χ0n) is 10.8. The van der Waals surface area contributed by atoms with Crippen LogP contribution in [0, 0.1) is 0 Å². The molecule has 104 valence electrons. The molecular formula is C16H10O5. The number of ether oxygens (including phenoxy) is 2. The van der Waals surface area contributed by atoms with Gasteiger partial charge in [-0.05, 0) is 23.6 Å². The van der Waals surface area contributed by atoms with Gasteiger partial charge in [0.15, 0.2) is 11.5 Å². The summed E-state index contributed by atoms with van der Waals surface area (Å²) >= 11 is 0. The van der Waals surface area contributed by atoms with E-state index in [9.17, 15) is 15.0 Å². The lowest BCUT2D eigenvalue weighted by Gasteiger charge is -2.10. The standard InChI is InChI=1S/C16H10O5/c17-12-3-1-2-9-8(12)4-5-10-11(16(18)19)6-13-15(14(9)10)21-7-20-13/h1-6,17H,7H2,(H,18,19). The average Bonchev–Trinajstić information content (AvgIpc) is 2.94. The van der Waals surface area contributed by atoms with Crippen molar-refractivity contribution >= 4 is 27.5 Å². The fraction of sp³-hybridized carbons (Fsp3) is 0.0625. The van der Waals surface area contributed by atoms with E-state index < -0.39 is 5.97 Å². The molecule has 0 amide bonds. The number of rotatable bonds is 1. The van der Waals surface area contributed by atoms with Crippen LogP contribution in [0.4, 0.5) is 0 Å². The van der Waals surface area contributed by atoms with Crippen molar-refractivity contribution in [2.75, 3.05) is 6.79 Å². The monoisotopic (exact) mass is 282 g/mol. The molecule has 3 aromatic rings. The number of hydrogen-bond acceptors (Lipinski definition) is 4. The van der Waals surface area contributed by atoms with Crippen molar-refractivity contribution in [1.29, 1.82) is 0 Å². The van der Waals surface area contributed by atoms with E-state index in [0.29, 0.717) is 27.7 Å². The summed E-state index contributed by atoms with van der Waals surface area (Å²) < 4.78 is 10.8. The Balaban J connectivity index is 2.28. The van der Waals surface area contributed by atoms with Gasteiger partial charge in [-0.25, -0.2) is 4.79 Å². The fourth-order valence-electron chi connectivity index (χ4n) is 2.79. The van der Waals surface area contributed by atoms with Crippen LogP contribution in [0.1, 0.15) is 10.4 Å². The molecule has 4 rings (SSSR count). The van der Waals surface area contributed by atoms with Crippen LogP contribution in [-0.4, -0.2) is 23.0 Å². The number of aromatic hydroxyl groups is 1. The van der Waals surface area contributed by atoms with Crippen LogP contribution in [0.2, 0.25) is 0 Å². The molecular weight excluding hydrogens is 272 g/mol. The van der Waals surface area contributed by atoms with Crippen molar-refractivity contribution in [3.63, 3.8) is 0 Å². The number of benzene rings is 3. The van der Waals surface area contributed by atoms with E-state index in [2.05, 4.69) is 0 Å². The van der Waals surface area contributed by atoms with Crippen LogP contribution in [0.5, 0.6) is 17.2 Å². The van der Waals surface area contributed by atoms with Gasteiger partial charge in [-0.3, -0.25) is 0 Å². The molecule has 3 aromatic carbocycles. The molecule has 1 aliphatic heterocycles. The van der Waals surface area contributed by atoms with Crippen molar-refractivity contribution in [2.24, 2.45) is 0 Å². The van der Waals surface area contributed by atoms with Gasteiger partial charge < -0.3 is 19.7 Å². The first-order chi connectivity index (χ1) is 10.2. The molecule has 2 N–H and O–H groups in total. The summed E-state index contributed by atoms with van der Waals surface area (Å²) in [5.41, 5.74) is 0.152. The number of carboxylic acids is 1. The molecule has 21 heavy (non-hydrogen) atoms. The normalized spacial score (nSPS) is 13.0. The predicted molar refractivity (Wildman–Crippen MR) is 76.2 cm³/mol. The van der Waals surface area contributed by atoms with E-state index in [1.165, 1.54) is 6.07 Å². The van der Waals surface area contributed by atoms with Gasteiger partial charge in [-0.2, -0.15) is 0 Å². The topological polar surface area (TPSA) is 76.0 Å². The van der Waals surface area contributed by atoms with Crippen molar-refractivity contribution in [1.82, 2.24) is 0 Å². The lowest BCUT2D eigenvalue weighted by atomic mass is 9.96. The molecule has 0 saturated heterocycles. The number of carbonyl (C=O) groups is 1. The van der Waals surface area contributed by atoms with Crippen molar-refractivity contribution in [3.05, 3.63) is 42.0 Å². The molecule has 0 aromatic heterocycles. The summed E-state index contributed by atoms with van der Waals surface area (Å²) in [4.78, 5) is 11.5. The fourth-order valence-corrected chi connectivity index (χ4v) is 2.79. The number of aromatic carboxylic acids is 1. The molecule has 5 heteroatoms. The first-order valence-electron chi connectivity index (χ1n) is 6.37. The maximum atomic E-state index is 11.5. The average molecular weight is 282 g/mol. The van der Waals surface area contributed by atoms with Crippen LogP contribution in [0.15, 0.2) is 36.4 Å². The van der Waals surface area contributed by atoms with Gasteiger partial charge in [0.1, 0.15) is 5.75 Å². The van der Waals surface area contributed by atoms with Gasteiger partial charge in [0.25, 0.3) is 0 Å². The highest BCUT2D eigenvalue weighted by Gasteiger charge is 2.24. The highest BCUT2D eigenvalue weighted by molar-refractivity contribution is 6.18. The van der Waals surface area contributed by atoms with Crippen LogP contribution in [0.3, 0.4) is 0 Å². The number of hydrogen-bond donors (Lipinski definition) is 2. The maximum Gasteiger partial charge on any atom is 0.336 e. The summed E-state index contributed by atoms with van der Waals surface area (Å²) in [6.45, 7) is 0.0582. The van der Waals surface area contributed by atoms with E-state index >= 15 is 0 Å². The van der Waals surface area contributed by atoms with Crippen LogP contribution < -0.4 is 9.47 Å². The smallest absolute Gasteiger partial charge is 0.336 e. The van der Waals surface area contributed by atoms with Crippen molar-refractivity contribution in [3.8, 4) is 17.2 Å². The quantitative estimate of drug-likeness (QED) is 0.671. The minimum atomic E-state index is -1.03. The van der Waals surface area contributed by atoms with E-state index in [0.717, 1.165) is 5.39 Å². The van der Waals surface area contributed by atoms with Crippen molar-refractivity contribution in [2.45, 2.75) is 0 Å². The highest BCUT2D eigenvalue weighted by atomic mass is 16.7. The van der Waals surface area contributed by atoms with E-state index in [-0.39, 0.29) is 18.1 Å². The summed E-state index contributed by atoms with van der Waals surface area (Å²) in [6.07, 6.45) is 0. The lowest BCUT2D eigenvalue weighted by molar-refractivity contribution is 0.0698. The molecule has 5 nitrogen and oxygen atoms in total. The Bertz CT molecular complexity index is 914. The zero-order valence-corrected chi connectivity index (χ0v) is 10.8. The third-order valence-electron chi connectivity index (χ3n) is 3.70. The van der Waals surface area contributed by atoms with Crippen LogP contribution >= 0.6 is 0 Å². The molecule has 0 aliphatic carbocycles. The highest BCUT2D eigenvalue weighted by Crippen LogP contribution is 2.45. The van der Waals surface area contributed by atoms with E-state index in [1.807, 2.05) is 6.07 Å².